The van der Waals surface area contributed by atoms with Crippen LogP contribution in [0.5, 0.6) is 0 Å². The molecule has 0 saturated carbocycles. The van der Waals surface area contributed by atoms with Crippen molar-refractivity contribution in [3.05, 3.63) is 53.1 Å². The zero-order valence-corrected chi connectivity index (χ0v) is 14.8. The minimum absolute atomic E-state index is 0.105. The van der Waals surface area contributed by atoms with E-state index in [-0.39, 0.29) is 23.8 Å². The molecule has 1 amide bonds. The number of rotatable bonds is 4. The number of hydrogen-bond acceptors (Lipinski definition) is 5. The predicted molar refractivity (Wildman–Crippen MR) is 92.6 cm³/mol. The molecular weight excluding hydrogens is 373 g/mol. The van der Waals surface area contributed by atoms with Gasteiger partial charge in [0.15, 0.2) is 23.3 Å². The Labute approximate surface area is 157 Å². The maximum absolute atomic E-state index is 13.4. The van der Waals surface area contributed by atoms with Crippen LogP contribution >= 0.6 is 0 Å². The molecule has 1 atom stereocenters. The number of aryl methyl sites for hydroxylation is 1. The van der Waals surface area contributed by atoms with Crippen LogP contribution in [-0.4, -0.2) is 37.8 Å². The lowest BCUT2D eigenvalue weighted by atomic mass is 9.98. The van der Waals surface area contributed by atoms with Crippen molar-refractivity contribution in [1.29, 1.82) is 0 Å². The third kappa shape index (κ3) is 3.21. The summed E-state index contributed by atoms with van der Waals surface area (Å²) in [5, 5.41) is 14.5. The molecule has 4 rings (SSSR count). The van der Waals surface area contributed by atoms with Crippen LogP contribution in [0.3, 0.4) is 0 Å². The summed E-state index contributed by atoms with van der Waals surface area (Å²) in [5.41, 5.74) is 1.80. The largest absolute Gasteiger partial charge is 0.279 e. The van der Waals surface area contributed by atoms with E-state index < -0.39 is 23.4 Å². The van der Waals surface area contributed by atoms with E-state index in [1.807, 2.05) is 6.92 Å². The van der Waals surface area contributed by atoms with E-state index in [0.717, 1.165) is 17.7 Å². The average Bonchev–Trinajstić information content (AvgIpc) is 3.27. The molecule has 2 aromatic heterocycles. The number of aromatic amines is 1. The van der Waals surface area contributed by atoms with Gasteiger partial charge in [0.2, 0.25) is 5.91 Å². The van der Waals surface area contributed by atoms with E-state index in [0.29, 0.717) is 24.4 Å². The zero-order valence-electron chi connectivity index (χ0n) is 14.8. The first-order valence-corrected chi connectivity index (χ1v) is 8.59. The van der Waals surface area contributed by atoms with Crippen molar-refractivity contribution in [2.24, 2.45) is 5.92 Å². The van der Waals surface area contributed by atoms with Gasteiger partial charge < -0.3 is 0 Å². The lowest BCUT2D eigenvalue weighted by molar-refractivity contribution is -0.120. The van der Waals surface area contributed by atoms with Gasteiger partial charge in [-0.1, -0.05) is 0 Å². The molecule has 3 aromatic rings. The van der Waals surface area contributed by atoms with Gasteiger partial charge >= 0.3 is 0 Å². The molecular formula is C18H15F3N6O. The van der Waals surface area contributed by atoms with Gasteiger partial charge in [0.25, 0.3) is 5.95 Å². The van der Waals surface area contributed by atoms with Crippen molar-refractivity contribution in [2.75, 3.05) is 11.4 Å². The van der Waals surface area contributed by atoms with Crippen LogP contribution in [-0.2, 0) is 11.2 Å². The molecule has 1 aromatic carbocycles. The predicted octanol–water partition coefficient (Wildman–Crippen LogP) is 2.58. The van der Waals surface area contributed by atoms with Crippen LogP contribution in [0, 0.1) is 30.3 Å². The number of nitrogens with one attached hydrogen (secondary N) is 1. The topological polar surface area (TPSA) is 87.7 Å². The second-order valence-electron chi connectivity index (χ2n) is 6.62. The summed E-state index contributed by atoms with van der Waals surface area (Å²) in [6.07, 6.45) is 3.72. The molecule has 1 aliphatic heterocycles. The van der Waals surface area contributed by atoms with Crippen molar-refractivity contribution in [1.82, 2.24) is 25.4 Å². The smallest absolute Gasteiger partial charge is 0.251 e. The molecule has 0 aliphatic carbocycles. The highest BCUT2D eigenvalue weighted by Crippen LogP contribution is 2.28. The fraction of sp³-hybridized carbons (Fsp3) is 0.278. The minimum atomic E-state index is -1.52. The highest BCUT2D eigenvalue weighted by molar-refractivity contribution is 5.95. The quantitative estimate of drug-likeness (QED) is 0.694. The number of amides is 1. The van der Waals surface area contributed by atoms with Crippen LogP contribution in [0.4, 0.5) is 19.1 Å². The molecule has 10 heteroatoms. The fourth-order valence-electron chi connectivity index (χ4n) is 3.26. The second-order valence-corrected chi connectivity index (χ2v) is 6.62. The molecule has 1 saturated heterocycles. The third-order valence-electron chi connectivity index (χ3n) is 4.74. The number of carbonyl (C=O) groups excluding carboxylic acids is 1. The Hall–Kier alpha value is -3.30. The van der Waals surface area contributed by atoms with Crippen molar-refractivity contribution >= 4 is 11.9 Å². The number of aromatic nitrogens is 5. The average molecular weight is 388 g/mol. The van der Waals surface area contributed by atoms with Gasteiger partial charge in [-0.15, -0.1) is 5.10 Å². The maximum Gasteiger partial charge on any atom is 0.251 e. The van der Waals surface area contributed by atoms with Crippen LogP contribution < -0.4 is 4.90 Å². The Bertz CT molecular complexity index is 1030. The fourth-order valence-corrected chi connectivity index (χ4v) is 3.26. The molecule has 28 heavy (non-hydrogen) atoms. The van der Waals surface area contributed by atoms with Crippen molar-refractivity contribution in [2.45, 2.75) is 19.8 Å². The Morgan fingerprint density at radius 3 is 2.61 bits per heavy atom. The van der Waals surface area contributed by atoms with Gasteiger partial charge in [0.1, 0.15) is 0 Å². The Morgan fingerprint density at radius 2 is 1.89 bits per heavy atom. The summed E-state index contributed by atoms with van der Waals surface area (Å²) in [7, 11) is 0. The molecule has 1 fully saturated rings. The Balaban J connectivity index is 1.52. The summed E-state index contributed by atoms with van der Waals surface area (Å²) in [6.45, 7) is 2.23. The van der Waals surface area contributed by atoms with Gasteiger partial charge in [-0.2, -0.15) is 15.2 Å². The number of carbonyl (C=O) groups is 1. The molecule has 7 nitrogen and oxygen atoms in total. The van der Waals surface area contributed by atoms with Gasteiger partial charge in [-0.3, -0.25) is 14.8 Å². The van der Waals surface area contributed by atoms with E-state index >= 15 is 0 Å². The van der Waals surface area contributed by atoms with Gasteiger partial charge in [0, 0.05) is 18.0 Å². The van der Waals surface area contributed by atoms with E-state index in [9.17, 15) is 18.0 Å². The summed E-state index contributed by atoms with van der Waals surface area (Å²) in [4.78, 5) is 18.5. The summed E-state index contributed by atoms with van der Waals surface area (Å²) in [6, 6.07) is 1.83. The summed E-state index contributed by atoms with van der Waals surface area (Å²) >= 11 is 0. The van der Waals surface area contributed by atoms with E-state index in [1.54, 1.807) is 12.4 Å². The first-order valence-electron chi connectivity index (χ1n) is 8.59. The number of hydrogen-bond donors (Lipinski definition) is 1. The molecule has 0 spiro atoms. The summed E-state index contributed by atoms with van der Waals surface area (Å²) < 4.78 is 39.9. The van der Waals surface area contributed by atoms with Crippen LogP contribution in [0.15, 0.2) is 24.5 Å². The normalized spacial score (nSPS) is 16.8. The lowest BCUT2D eigenvalue weighted by Crippen LogP contribution is -2.28. The first-order chi connectivity index (χ1) is 13.4. The van der Waals surface area contributed by atoms with Crippen LogP contribution in [0.25, 0.3) is 11.4 Å². The molecule has 1 N–H and O–H groups in total. The molecule has 1 aliphatic rings. The Kier molecular flexibility index (Phi) is 4.54. The number of benzene rings is 1. The highest BCUT2D eigenvalue weighted by atomic mass is 19.2. The van der Waals surface area contributed by atoms with E-state index in [4.69, 9.17) is 0 Å². The first kappa shape index (κ1) is 18.1. The van der Waals surface area contributed by atoms with Crippen molar-refractivity contribution in [3.63, 3.8) is 0 Å². The zero-order chi connectivity index (χ0) is 19.8. The van der Waals surface area contributed by atoms with E-state index in [2.05, 4.69) is 25.4 Å². The lowest BCUT2D eigenvalue weighted by Gasteiger charge is -2.12. The van der Waals surface area contributed by atoms with Crippen molar-refractivity contribution < 1.29 is 18.0 Å². The van der Waals surface area contributed by atoms with Gasteiger partial charge in [-0.05, 0) is 43.0 Å². The number of H-pyrrole nitrogens is 1. The minimum Gasteiger partial charge on any atom is -0.279 e. The number of nitrogens with zero attached hydrogens (tertiary/aromatic N) is 5. The molecule has 1 unspecified atom stereocenters. The van der Waals surface area contributed by atoms with Gasteiger partial charge in [0.05, 0.1) is 12.4 Å². The standard InChI is InChI=1S/C18H15F3N6O/c1-9-7-22-23-8-12(9)16-24-18(26-25-16)27-3-2-11(17(27)28)4-10-5-13(19)15(21)14(20)6-10/h5-8,11H,2-4H2,1H3,(H,24,25,26). The van der Waals surface area contributed by atoms with Gasteiger partial charge in [-0.25, -0.2) is 13.2 Å². The monoisotopic (exact) mass is 388 g/mol. The van der Waals surface area contributed by atoms with Crippen LogP contribution in [0.1, 0.15) is 17.5 Å². The summed E-state index contributed by atoms with van der Waals surface area (Å²) in [5.74, 6) is -4.11. The van der Waals surface area contributed by atoms with Crippen molar-refractivity contribution in [3.8, 4) is 11.4 Å². The molecule has 0 bridgehead atoms. The van der Waals surface area contributed by atoms with Crippen LogP contribution in [0.2, 0.25) is 0 Å². The maximum atomic E-state index is 13.4. The second kappa shape index (κ2) is 7.02. The number of halogens is 3. The molecule has 144 valence electrons. The highest BCUT2D eigenvalue weighted by Gasteiger charge is 2.35. The third-order valence-corrected chi connectivity index (χ3v) is 4.74. The Morgan fingerprint density at radius 1 is 1.18 bits per heavy atom. The molecule has 0 radical (unpaired) electrons. The molecule has 3 heterocycles. The SMILES string of the molecule is Cc1cnncc1-c1nc(N2CCC(Cc3cc(F)c(F)c(F)c3)C2=O)n[nH]1. The number of anilines is 1. The van der Waals surface area contributed by atoms with E-state index in [1.165, 1.54) is 4.90 Å².